The molecule has 7 nitrogen and oxygen atoms in total. The lowest BCUT2D eigenvalue weighted by atomic mass is 10.0. The van der Waals surface area contributed by atoms with Crippen molar-refractivity contribution in [2.45, 2.75) is 6.42 Å². The van der Waals surface area contributed by atoms with Gasteiger partial charge in [0, 0.05) is 18.6 Å². The van der Waals surface area contributed by atoms with E-state index in [-0.39, 0.29) is 5.69 Å². The van der Waals surface area contributed by atoms with E-state index < -0.39 is 10.9 Å². The topological polar surface area (TPSA) is 91.0 Å². The van der Waals surface area contributed by atoms with Gasteiger partial charge in [0.2, 0.25) is 0 Å². The molecule has 0 atom stereocenters. The van der Waals surface area contributed by atoms with E-state index in [0.29, 0.717) is 23.4 Å². The number of nitro benzene ring substituents is 1. The summed E-state index contributed by atoms with van der Waals surface area (Å²) < 4.78 is 5.07. The first kappa shape index (κ1) is 19.8. The van der Waals surface area contributed by atoms with E-state index in [1.54, 1.807) is 43.5 Å². The Balaban J connectivity index is 1.81. The molecule has 0 amide bonds. The van der Waals surface area contributed by atoms with E-state index in [1.807, 2.05) is 30.3 Å². The maximum atomic E-state index is 12.3. The SMILES string of the molecule is COc1ccc(C(=O)O/N=C(\Cc2ccc([N+](=O)[O-])cc2)c2ccccc2)cc1. The fourth-order valence-corrected chi connectivity index (χ4v) is 2.62. The molecule has 0 saturated heterocycles. The van der Waals surface area contributed by atoms with Gasteiger partial charge in [-0.1, -0.05) is 47.6 Å². The van der Waals surface area contributed by atoms with Gasteiger partial charge in [0.05, 0.1) is 23.3 Å². The van der Waals surface area contributed by atoms with Crippen molar-refractivity contribution in [3.8, 4) is 5.75 Å². The molecule has 0 heterocycles. The van der Waals surface area contributed by atoms with Crippen LogP contribution in [0.15, 0.2) is 84.0 Å². The van der Waals surface area contributed by atoms with Gasteiger partial charge in [-0.15, -0.1) is 0 Å². The third-order valence-corrected chi connectivity index (χ3v) is 4.19. The highest BCUT2D eigenvalue weighted by Gasteiger charge is 2.12. The smallest absolute Gasteiger partial charge is 0.365 e. The molecular formula is C22H18N2O5. The largest absolute Gasteiger partial charge is 0.497 e. The first-order valence-corrected chi connectivity index (χ1v) is 8.78. The first-order chi connectivity index (χ1) is 14.1. The highest BCUT2D eigenvalue weighted by Crippen LogP contribution is 2.16. The molecule has 3 aromatic rings. The van der Waals surface area contributed by atoms with Crippen molar-refractivity contribution in [1.29, 1.82) is 0 Å². The molecule has 0 aliphatic heterocycles. The zero-order chi connectivity index (χ0) is 20.6. The number of carbonyl (C=O) groups excluding carboxylic acids is 1. The van der Waals surface area contributed by atoms with Crippen LogP contribution in [0.2, 0.25) is 0 Å². The number of rotatable bonds is 7. The summed E-state index contributed by atoms with van der Waals surface area (Å²) in [4.78, 5) is 27.8. The number of oxime groups is 1. The van der Waals surface area contributed by atoms with Crippen molar-refractivity contribution < 1.29 is 19.3 Å². The minimum absolute atomic E-state index is 0.0119. The zero-order valence-electron chi connectivity index (χ0n) is 15.6. The van der Waals surface area contributed by atoms with E-state index in [0.717, 1.165) is 11.1 Å². The Labute approximate surface area is 167 Å². The quantitative estimate of drug-likeness (QED) is 0.258. The number of hydrogen-bond acceptors (Lipinski definition) is 6. The number of carbonyl (C=O) groups is 1. The second-order valence-electron chi connectivity index (χ2n) is 6.11. The molecular weight excluding hydrogens is 372 g/mol. The minimum atomic E-state index is -0.593. The van der Waals surface area contributed by atoms with Crippen molar-refractivity contribution >= 4 is 17.4 Å². The number of methoxy groups -OCH3 is 1. The Morgan fingerprint density at radius 2 is 1.59 bits per heavy atom. The van der Waals surface area contributed by atoms with Gasteiger partial charge in [0.15, 0.2) is 0 Å². The third-order valence-electron chi connectivity index (χ3n) is 4.19. The van der Waals surface area contributed by atoms with E-state index in [4.69, 9.17) is 9.57 Å². The van der Waals surface area contributed by atoms with E-state index in [9.17, 15) is 14.9 Å². The molecule has 0 unspecified atom stereocenters. The van der Waals surface area contributed by atoms with Gasteiger partial charge < -0.3 is 9.57 Å². The van der Waals surface area contributed by atoms with E-state index in [2.05, 4.69) is 5.16 Å². The Bertz CT molecular complexity index is 1010. The number of ether oxygens (including phenoxy) is 1. The molecule has 0 aliphatic rings. The summed E-state index contributed by atoms with van der Waals surface area (Å²) in [6, 6.07) is 22.0. The predicted octanol–water partition coefficient (Wildman–Crippen LogP) is 4.41. The molecule has 0 N–H and O–H groups in total. The van der Waals surface area contributed by atoms with Gasteiger partial charge in [0.25, 0.3) is 5.69 Å². The molecule has 0 bridgehead atoms. The fourth-order valence-electron chi connectivity index (χ4n) is 2.62. The van der Waals surface area contributed by atoms with Crippen molar-refractivity contribution in [2.24, 2.45) is 5.16 Å². The number of nitro groups is 1. The van der Waals surface area contributed by atoms with Crippen molar-refractivity contribution in [3.63, 3.8) is 0 Å². The standard InChI is InChI=1S/C22H18N2O5/c1-28-20-13-9-18(10-14-20)22(25)29-23-21(17-5-3-2-4-6-17)15-16-7-11-19(12-8-16)24(26)27/h2-14H,15H2,1H3/b23-21+. The summed E-state index contributed by atoms with van der Waals surface area (Å²) in [6.45, 7) is 0. The zero-order valence-corrected chi connectivity index (χ0v) is 15.6. The van der Waals surface area contributed by atoms with Gasteiger partial charge in [-0.25, -0.2) is 4.79 Å². The molecule has 29 heavy (non-hydrogen) atoms. The first-order valence-electron chi connectivity index (χ1n) is 8.78. The van der Waals surface area contributed by atoms with Gasteiger partial charge in [-0.3, -0.25) is 10.1 Å². The van der Waals surface area contributed by atoms with Crippen LogP contribution in [0.1, 0.15) is 21.5 Å². The van der Waals surface area contributed by atoms with Crippen molar-refractivity contribution in [3.05, 3.63) is 106 Å². The molecule has 146 valence electrons. The lowest BCUT2D eigenvalue weighted by molar-refractivity contribution is -0.384. The maximum absolute atomic E-state index is 12.3. The van der Waals surface area contributed by atoms with E-state index in [1.165, 1.54) is 12.1 Å². The molecule has 0 aliphatic carbocycles. The maximum Gasteiger partial charge on any atom is 0.365 e. The summed E-state index contributed by atoms with van der Waals surface area (Å²) in [5.74, 6) is 0.0398. The van der Waals surface area contributed by atoms with E-state index >= 15 is 0 Å². The molecule has 0 saturated carbocycles. The Morgan fingerprint density at radius 3 is 2.17 bits per heavy atom. The highest BCUT2D eigenvalue weighted by molar-refractivity contribution is 6.02. The predicted molar refractivity (Wildman–Crippen MR) is 108 cm³/mol. The van der Waals surface area contributed by atoms with Crippen LogP contribution in [-0.4, -0.2) is 23.7 Å². The molecule has 3 aromatic carbocycles. The van der Waals surface area contributed by atoms with Crippen LogP contribution in [0, 0.1) is 10.1 Å². The Hall–Kier alpha value is -4.00. The van der Waals surface area contributed by atoms with Gasteiger partial charge in [-0.2, -0.15) is 0 Å². The number of nitrogens with zero attached hydrogens (tertiary/aromatic N) is 2. The number of non-ortho nitro benzene ring substituents is 1. The lowest BCUT2D eigenvalue weighted by Crippen LogP contribution is -2.09. The summed E-state index contributed by atoms with van der Waals surface area (Å²) in [6.07, 6.45) is 0.345. The lowest BCUT2D eigenvalue weighted by Gasteiger charge is -2.07. The highest BCUT2D eigenvalue weighted by atomic mass is 16.7. The Morgan fingerprint density at radius 1 is 0.931 bits per heavy atom. The molecule has 0 aromatic heterocycles. The summed E-state index contributed by atoms with van der Waals surface area (Å²) in [7, 11) is 1.54. The van der Waals surface area contributed by atoms with Crippen LogP contribution in [0.3, 0.4) is 0 Å². The molecule has 7 heteroatoms. The normalized spacial score (nSPS) is 11.0. The average Bonchev–Trinajstić information content (AvgIpc) is 2.77. The van der Waals surface area contributed by atoms with Crippen LogP contribution < -0.4 is 4.74 Å². The summed E-state index contributed by atoms with van der Waals surface area (Å²) >= 11 is 0. The van der Waals surface area contributed by atoms with Crippen molar-refractivity contribution in [1.82, 2.24) is 0 Å². The van der Waals surface area contributed by atoms with Gasteiger partial charge >= 0.3 is 5.97 Å². The molecule has 0 spiro atoms. The van der Waals surface area contributed by atoms with Crippen LogP contribution in [-0.2, 0) is 11.3 Å². The second kappa shape index (κ2) is 9.27. The molecule has 3 rings (SSSR count). The summed E-state index contributed by atoms with van der Waals surface area (Å²) in [5, 5.41) is 14.9. The van der Waals surface area contributed by atoms with Crippen LogP contribution in [0.25, 0.3) is 0 Å². The Kier molecular flexibility index (Phi) is 6.32. The molecule has 0 fully saturated rings. The van der Waals surface area contributed by atoms with Crippen molar-refractivity contribution in [2.75, 3.05) is 7.11 Å². The molecule has 0 radical (unpaired) electrons. The average molecular weight is 390 g/mol. The summed E-state index contributed by atoms with van der Waals surface area (Å²) in [5.41, 5.74) is 2.48. The van der Waals surface area contributed by atoms with Crippen LogP contribution in [0.5, 0.6) is 5.75 Å². The fraction of sp³-hybridized carbons (Fsp3) is 0.0909. The van der Waals surface area contributed by atoms with Crippen LogP contribution in [0.4, 0.5) is 5.69 Å². The number of benzene rings is 3. The number of hydrogen-bond donors (Lipinski definition) is 0. The van der Waals surface area contributed by atoms with Gasteiger partial charge in [0.1, 0.15) is 5.75 Å². The van der Waals surface area contributed by atoms with Crippen LogP contribution >= 0.6 is 0 Å². The minimum Gasteiger partial charge on any atom is -0.497 e. The third kappa shape index (κ3) is 5.26. The monoisotopic (exact) mass is 390 g/mol. The second-order valence-corrected chi connectivity index (χ2v) is 6.11. The van der Waals surface area contributed by atoms with Gasteiger partial charge in [-0.05, 0) is 35.4 Å².